The molecule has 112 valence electrons. The lowest BCUT2D eigenvalue weighted by atomic mass is 10.2. The van der Waals surface area contributed by atoms with Gasteiger partial charge in [-0.15, -0.1) is 11.3 Å². The van der Waals surface area contributed by atoms with Crippen molar-refractivity contribution in [3.8, 4) is 0 Å². The van der Waals surface area contributed by atoms with Crippen LogP contribution in [0, 0.1) is 0 Å². The second kappa shape index (κ2) is 7.84. The first kappa shape index (κ1) is 15.6. The molecule has 0 spiro atoms. The Morgan fingerprint density at radius 1 is 1.52 bits per heavy atom. The third kappa shape index (κ3) is 4.61. The number of hydrogen-bond acceptors (Lipinski definition) is 6. The smallest absolute Gasteiger partial charge is 0.287 e. The lowest BCUT2D eigenvalue weighted by Gasteiger charge is -2.16. The maximum atomic E-state index is 12.2. The maximum Gasteiger partial charge on any atom is 0.287 e. The first-order valence-corrected chi connectivity index (χ1v) is 8.51. The lowest BCUT2D eigenvalue weighted by Crippen LogP contribution is -2.44. The molecule has 0 radical (unpaired) electrons. The predicted octanol–water partition coefficient (Wildman–Crippen LogP) is 2.23. The number of rotatable bonds is 7. The molecule has 0 aliphatic heterocycles. The van der Waals surface area contributed by atoms with Gasteiger partial charge in [0.05, 0.1) is 6.26 Å². The Hall–Kier alpha value is -1.80. The first-order valence-electron chi connectivity index (χ1n) is 6.24. The van der Waals surface area contributed by atoms with Crippen LogP contribution in [-0.4, -0.2) is 34.8 Å². The fourth-order valence-corrected chi connectivity index (χ4v) is 2.62. The predicted molar refractivity (Wildman–Crippen MR) is 83.7 cm³/mol. The highest BCUT2D eigenvalue weighted by molar-refractivity contribution is 7.98. The van der Waals surface area contributed by atoms with Crippen molar-refractivity contribution in [2.24, 2.45) is 0 Å². The van der Waals surface area contributed by atoms with Crippen LogP contribution < -0.4 is 10.6 Å². The number of nitrogens with one attached hydrogen (secondary N) is 2. The van der Waals surface area contributed by atoms with Gasteiger partial charge in [-0.3, -0.25) is 9.59 Å². The van der Waals surface area contributed by atoms with Gasteiger partial charge in [0.15, 0.2) is 10.9 Å². The molecule has 8 heteroatoms. The molecule has 21 heavy (non-hydrogen) atoms. The molecule has 1 unspecified atom stereocenters. The minimum absolute atomic E-state index is 0.186. The topological polar surface area (TPSA) is 84.2 Å². The molecule has 0 aromatic carbocycles. The Balaban J connectivity index is 1.99. The summed E-state index contributed by atoms with van der Waals surface area (Å²) in [6.45, 7) is 0. The summed E-state index contributed by atoms with van der Waals surface area (Å²) in [6, 6.07) is 2.56. The minimum Gasteiger partial charge on any atom is -0.459 e. The van der Waals surface area contributed by atoms with Crippen LogP contribution in [0.1, 0.15) is 17.0 Å². The van der Waals surface area contributed by atoms with Gasteiger partial charge in [0.2, 0.25) is 5.91 Å². The molecule has 2 aromatic heterocycles. The molecular formula is C13H15N3O3S2. The molecule has 2 amide bonds. The summed E-state index contributed by atoms with van der Waals surface area (Å²) in [4.78, 5) is 28.2. The highest BCUT2D eigenvalue weighted by atomic mass is 32.2. The van der Waals surface area contributed by atoms with Crippen molar-refractivity contribution >= 4 is 40.0 Å². The summed E-state index contributed by atoms with van der Waals surface area (Å²) in [5.74, 6) is 0.263. The van der Waals surface area contributed by atoms with Gasteiger partial charge in [-0.25, -0.2) is 4.98 Å². The fraction of sp³-hybridized carbons (Fsp3) is 0.308. The summed E-state index contributed by atoms with van der Waals surface area (Å²) >= 11 is 2.94. The van der Waals surface area contributed by atoms with E-state index in [1.54, 1.807) is 35.5 Å². The van der Waals surface area contributed by atoms with E-state index in [9.17, 15) is 9.59 Å². The Bertz CT molecular complexity index is 570. The zero-order valence-electron chi connectivity index (χ0n) is 11.4. The van der Waals surface area contributed by atoms with Crippen LogP contribution in [0.5, 0.6) is 0 Å². The second-order valence-electron chi connectivity index (χ2n) is 4.11. The number of carbonyl (C=O) groups is 2. The molecule has 2 aromatic rings. The second-order valence-corrected chi connectivity index (χ2v) is 5.99. The standard InChI is InChI=1S/C13H15N3O3S2/c1-20-7-4-9(11(17)16-13-14-5-8-21-13)15-12(18)10-3-2-6-19-10/h2-3,5-6,8-9H,4,7H2,1H3,(H,15,18)(H,14,16,17). The molecule has 0 saturated carbocycles. The SMILES string of the molecule is CSCCC(NC(=O)c1ccco1)C(=O)Nc1nccs1. The van der Waals surface area contributed by atoms with E-state index in [-0.39, 0.29) is 11.7 Å². The molecule has 2 rings (SSSR count). The Labute approximate surface area is 130 Å². The van der Waals surface area contributed by atoms with Crippen molar-refractivity contribution in [1.82, 2.24) is 10.3 Å². The first-order chi connectivity index (χ1) is 10.2. The number of thioether (sulfide) groups is 1. The largest absolute Gasteiger partial charge is 0.459 e. The molecule has 0 fully saturated rings. The van der Waals surface area contributed by atoms with Crippen LogP contribution in [-0.2, 0) is 4.79 Å². The quantitative estimate of drug-likeness (QED) is 0.815. The van der Waals surface area contributed by atoms with E-state index in [1.807, 2.05) is 6.26 Å². The van der Waals surface area contributed by atoms with E-state index in [2.05, 4.69) is 15.6 Å². The van der Waals surface area contributed by atoms with Gasteiger partial charge in [-0.2, -0.15) is 11.8 Å². The van der Waals surface area contributed by atoms with E-state index in [0.29, 0.717) is 11.6 Å². The van der Waals surface area contributed by atoms with E-state index in [4.69, 9.17) is 4.42 Å². The van der Waals surface area contributed by atoms with E-state index in [1.165, 1.54) is 17.6 Å². The third-order valence-electron chi connectivity index (χ3n) is 2.64. The normalized spacial score (nSPS) is 11.9. The number of aromatic nitrogens is 1. The Morgan fingerprint density at radius 2 is 2.38 bits per heavy atom. The molecule has 1 atom stereocenters. The van der Waals surface area contributed by atoms with Gasteiger partial charge in [-0.05, 0) is 30.6 Å². The monoisotopic (exact) mass is 325 g/mol. The van der Waals surface area contributed by atoms with E-state index in [0.717, 1.165) is 5.75 Å². The molecule has 0 aliphatic carbocycles. The molecular weight excluding hydrogens is 310 g/mol. The number of amides is 2. The van der Waals surface area contributed by atoms with Gasteiger partial charge in [0.25, 0.3) is 5.91 Å². The van der Waals surface area contributed by atoms with Crippen LogP contribution in [0.15, 0.2) is 34.4 Å². The molecule has 0 bridgehead atoms. The summed E-state index contributed by atoms with van der Waals surface area (Å²) in [5, 5.41) is 7.67. The number of hydrogen-bond donors (Lipinski definition) is 2. The van der Waals surface area contributed by atoms with Crippen LogP contribution in [0.25, 0.3) is 0 Å². The van der Waals surface area contributed by atoms with Gasteiger partial charge in [-0.1, -0.05) is 0 Å². The number of anilines is 1. The molecule has 0 saturated heterocycles. The Kier molecular flexibility index (Phi) is 5.82. The van der Waals surface area contributed by atoms with Gasteiger partial charge < -0.3 is 15.1 Å². The van der Waals surface area contributed by atoms with Crippen LogP contribution >= 0.6 is 23.1 Å². The van der Waals surface area contributed by atoms with Crippen LogP contribution in [0.4, 0.5) is 5.13 Å². The number of carbonyl (C=O) groups excluding carboxylic acids is 2. The van der Waals surface area contributed by atoms with Gasteiger partial charge in [0, 0.05) is 11.6 Å². The van der Waals surface area contributed by atoms with Crippen molar-refractivity contribution in [2.75, 3.05) is 17.3 Å². The van der Waals surface area contributed by atoms with Crippen molar-refractivity contribution in [3.05, 3.63) is 35.7 Å². The average Bonchev–Trinajstić information content (AvgIpc) is 3.15. The molecule has 2 N–H and O–H groups in total. The van der Waals surface area contributed by atoms with Crippen molar-refractivity contribution in [3.63, 3.8) is 0 Å². The average molecular weight is 325 g/mol. The highest BCUT2D eigenvalue weighted by Gasteiger charge is 2.22. The van der Waals surface area contributed by atoms with Gasteiger partial charge in [0.1, 0.15) is 6.04 Å². The minimum atomic E-state index is -0.626. The maximum absolute atomic E-state index is 12.2. The molecule has 0 aliphatic rings. The third-order valence-corrected chi connectivity index (χ3v) is 3.97. The van der Waals surface area contributed by atoms with Crippen LogP contribution in [0.2, 0.25) is 0 Å². The number of nitrogens with zero attached hydrogens (tertiary/aromatic N) is 1. The molecule has 6 nitrogen and oxygen atoms in total. The summed E-state index contributed by atoms with van der Waals surface area (Å²) in [7, 11) is 0. The lowest BCUT2D eigenvalue weighted by molar-refractivity contribution is -0.118. The Morgan fingerprint density at radius 3 is 3.00 bits per heavy atom. The van der Waals surface area contributed by atoms with Gasteiger partial charge >= 0.3 is 0 Å². The fourth-order valence-electron chi connectivity index (χ4n) is 1.62. The van der Waals surface area contributed by atoms with E-state index < -0.39 is 11.9 Å². The molecule has 2 heterocycles. The van der Waals surface area contributed by atoms with Crippen molar-refractivity contribution in [2.45, 2.75) is 12.5 Å². The van der Waals surface area contributed by atoms with Crippen LogP contribution in [0.3, 0.4) is 0 Å². The van der Waals surface area contributed by atoms with E-state index >= 15 is 0 Å². The summed E-state index contributed by atoms with van der Waals surface area (Å²) < 4.78 is 5.03. The number of thiazole rings is 1. The highest BCUT2D eigenvalue weighted by Crippen LogP contribution is 2.12. The summed E-state index contributed by atoms with van der Waals surface area (Å²) in [6.07, 6.45) is 5.51. The number of furan rings is 1. The summed E-state index contributed by atoms with van der Waals surface area (Å²) in [5.41, 5.74) is 0. The zero-order valence-corrected chi connectivity index (χ0v) is 13.0. The zero-order chi connectivity index (χ0) is 15.1. The van der Waals surface area contributed by atoms with Crippen molar-refractivity contribution < 1.29 is 14.0 Å². The van der Waals surface area contributed by atoms with Crippen molar-refractivity contribution in [1.29, 1.82) is 0 Å².